The van der Waals surface area contributed by atoms with E-state index < -0.39 is 0 Å². The molecule has 2 unspecified atom stereocenters. The first-order valence-electron chi connectivity index (χ1n) is 4.81. The van der Waals surface area contributed by atoms with Crippen LogP contribution in [-0.2, 0) is 7.05 Å². The lowest BCUT2D eigenvalue weighted by Crippen LogP contribution is -2.43. The Morgan fingerprint density at radius 2 is 2.21 bits per heavy atom. The van der Waals surface area contributed by atoms with Gasteiger partial charge in [0.2, 0.25) is 5.95 Å². The van der Waals surface area contributed by atoms with Gasteiger partial charge in [-0.15, -0.1) is 0 Å². The molecule has 0 radical (unpaired) electrons. The van der Waals surface area contributed by atoms with E-state index in [0.717, 1.165) is 12.5 Å². The molecule has 1 aliphatic heterocycles. The quantitative estimate of drug-likeness (QED) is 0.706. The summed E-state index contributed by atoms with van der Waals surface area (Å²) < 4.78 is 1.72. The Labute approximate surface area is 91.6 Å². The number of halogens is 1. The minimum Gasteiger partial charge on any atom is -0.336 e. The second-order valence-electron chi connectivity index (χ2n) is 3.78. The fraction of sp³-hybridized carbons (Fsp3) is 0.875. The first-order chi connectivity index (χ1) is 6.68. The van der Waals surface area contributed by atoms with Crippen molar-refractivity contribution in [3.63, 3.8) is 0 Å². The van der Waals surface area contributed by atoms with Gasteiger partial charge in [0.25, 0.3) is 0 Å². The maximum atomic E-state index is 4.03. The SMILES string of the molecule is CC1CCC(Br)CN1c1nnnn1C. The molecule has 1 fully saturated rings. The van der Waals surface area contributed by atoms with E-state index in [0.29, 0.717) is 10.9 Å². The van der Waals surface area contributed by atoms with E-state index in [-0.39, 0.29) is 0 Å². The third-order valence-electron chi connectivity index (χ3n) is 2.68. The summed E-state index contributed by atoms with van der Waals surface area (Å²) in [7, 11) is 1.87. The fourth-order valence-corrected chi connectivity index (χ4v) is 2.39. The Balaban J connectivity index is 2.20. The van der Waals surface area contributed by atoms with E-state index in [9.17, 15) is 0 Å². The number of tetrazole rings is 1. The molecule has 0 amide bonds. The van der Waals surface area contributed by atoms with Crippen LogP contribution in [0, 0.1) is 0 Å². The van der Waals surface area contributed by atoms with Crippen LogP contribution in [0.4, 0.5) is 5.95 Å². The monoisotopic (exact) mass is 259 g/mol. The van der Waals surface area contributed by atoms with Gasteiger partial charge in [0, 0.05) is 24.5 Å². The Morgan fingerprint density at radius 1 is 1.43 bits per heavy atom. The summed E-state index contributed by atoms with van der Waals surface area (Å²) in [6.45, 7) is 3.20. The van der Waals surface area contributed by atoms with Crippen LogP contribution in [-0.4, -0.2) is 37.6 Å². The standard InChI is InChI=1S/C8H14BrN5/c1-6-3-4-7(9)5-14(6)8-10-11-12-13(8)2/h6-7H,3-5H2,1-2H3. The van der Waals surface area contributed by atoms with Crippen molar-refractivity contribution in [2.24, 2.45) is 7.05 Å². The predicted molar refractivity (Wildman–Crippen MR) is 57.6 cm³/mol. The molecule has 2 heterocycles. The molecular formula is C8H14BrN5. The van der Waals surface area contributed by atoms with Crippen molar-refractivity contribution in [3.05, 3.63) is 0 Å². The number of hydrogen-bond acceptors (Lipinski definition) is 4. The van der Waals surface area contributed by atoms with Gasteiger partial charge < -0.3 is 4.90 Å². The van der Waals surface area contributed by atoms with Crippen LogP contribution < -0.4 is 4.90 Å². The van der Waals surface area contributed by atoms with Gasteiger partial charge in [-0.2, -0.15) is 0 Å². The van der Waals surface area contributed by atoms with Crippen molar-refractivity contribution < 1.29 is 0 Å². The van der Waals surface area contributed by atoms with Gasteiger partial charge in [0.05, 0.1) is 0 Å². The molecule has 0 bridgehead atoms. The molecule has 1 aromatic rings. The minimum atomic E-state index is 0.522. The number of alkyl halides is 1. The molecule has 0 spiro atoms. The summed E-state index contributed by atoms with van der Waals surface area (Å²) in [6.07, 6.45) is 2.41. The van der Waals surface area contributed by atoms with E-state index in [2.05, 4.69) is 43.3 Å². The maximum absolute atomic E-state index is 4.03. The minimum absolute atomic E-state index is 0.522. The van der Waals surface area contributed by atoms with Gasteiger partial charge in [-0.05, 0) is 30.2 Å². The van der Waals surface area contributed by atoms with Crippen LogP contribution >= 0.6 is 15.9 Å². The number of piperidine rings is 1. The smallest absolute Gasteiger partial charge is 0.245 e. The van der Waals surface area contributed by atoms with Gasteiger partial charge in [-0.25, -0.2) is 4.68 Å². The first kappa shape index (κ1) is 9.89. The zero-order valence-corrected chi connectivity index (χ0v) is 9.98. The van der Waals surface area contributed by atoms with E-state index in [4.69, 9.17) is 0 Å². The predicted octanol–water partition coefficient (Wildman–Crippen LogP) is 0.962. The highest BCUT2D eigenvalue weighted by Crippen LogP contribution is 2.25. The number of aromatic nitrogens is 4. The average molecular weight is 260 g/mol. The fourth-order valence-electron chi connectivity index (χ4n) is 1.81. The first-order valence-corrected chi connectivity index (χ1v) is 5.73. The molecule has 0 N–H and O–H groups in total. The molecule has 5 nitrogen and oxygen atoms in total. The van der Waals surface area contributed by atoms with Crippen LogP contribution in [0.25, 0.3) is 0 Å². The summed E-state index contributed by atoms with van der Waals surface area (Å²) in [5.74, 6) is 0.863. The number of aryl methyl sites for hydroxylation is 1. The highest BCUT2D eigenvalue weighted by atomic mass is 79.9. The lowest BCUT2D eigenvalue weighted by Gasteiger charge is -2.35. The second-order valence-corrected chi connectivity index (χ2v) is 5.07. The third kappa shape index (κ3) is 1.75. The van der Waals surface area contributed by atoms with E-state index in [1.54, 1.807) is 4.68 Å². The number of rotatable bonds is 1. The van der Waals surface area contributed by atoms with Crippen LogP contribution in [0.1, 0.15) is 19.8 Å². The molecule has 2 atom stereocenters. The Bertz CT molecular complexity index is 312. The third-order valence-corrected chi connectivity index (χ3v) is 3.43. The molecule has 6 heteroatoms. The van der Waals surface area contributed by atoms with Crippen molar-refractivity contribution in [2.75, 3.05) is 11.4 Å². The molecule has 0 saturated carbocycles. The lowest BCUT2D eigenvalue weighted by atomic mass is 10.0. The summed E-state index contributed by atoms with van der Waals surface area (Å²) in [4.78, 5) is 2.80. The summed E-state index contributed by atoms with van der Waals surface area (Å²) in [6, 6.07) is 0.522. The zero-order valence-electron chi connectivity index (χ0n) is 8.39. The molecular weight excluding hydrogens is 246 g/mol. The average Bonchev–Trinajstić information content (AvgIpc) is 2.56. The van der Waals surface area contributed by atoms with Gasteiger partial charge in [-0.1, -0.05) is 21.0 Å². The zero-order chi connectivity index (χ0) is 10.1. The van der Waals surface area contributed by atoms with Crippen molar-refractivity contribution in [3.8, 4) is 0 Å². The summed E-state index contributed by atoms with van der Waals surface area (Å²) in [5, 5.41) is 11.5. The molecule has 1 aliphatic rings. The van der Waals surface area contributed by atoms with Crippen molar-refractivity contribution in [2.45, 2.75) is 30.6 Å². The summed E-state index contributed by atoms with van der Waals surface area (Å²) >= 11 is 3.65. The molecule has 1 aromatic heterocycles. The maximum Gasteiger partial charge on any atom is 0.245 e. The van der Waals surface area contributed by atoms with Crippen LogP contribution in [0.2, 0.25) is 0 Å². The molecule has 1 saturated heterocycles. The van der Waals surface area contributed by atoms with Gasteiger partial charge in [-0.3, -0.25) is 0 Å². The Kier molecular flexibility index (Phi) is 2.71. The van der Waals surface area contributed by atoms with Crippen molar-refractivity contribution in [1.82, 2.24) is 20.2 Å². The van der Waals surface area contributed by atoms with Crippen LogP contribution in [0.15, 0.2) is 0 Å². The molecule has 78 valence electrons. The van der Waals surface area contributed by atoms with Gasteiger partial charge in [0.1, 0.15) is 0 Å². The lowest BCUT2D eigenvalue weighted by molar-refractivity contribution is 0.482. The molecule has 0 aromatic carbocycles. The highest BCUT2D eigenvalue weighted by molar-refractivity contribution is 9.09. The number of hydrogen-bond donors (Lipinski definition) is 0. The van der Waals surface area contributed by atoms with Crippen LogP contribution in [0.3, 0.4) is 0 Å². The molecule has 2 rings (SSSR count). The van der Waals surface area contributed by atoms with Crippen molar-refractivity contribution in [1.29, 1.82) is 0 Å². The van der Waals surface area contributed by atoms with Gasteiger partial charge >= 0.3 is 0 Å². The largest absolute Gasteiger partial charge is 0.336 e. The number of nitrogens with zero attached hydrogens (tertiary/aromatic N) is 5. The second kappa shape index (κ2) is 3.84. The van der Waals surface area contributed by atoms with Crippen LogP contribution in [0.5, 0.6) is 0 Å². The Morgan fingerprint density at radius 3 is 2.86 bits per heavy atom. The van der Waals surface area contributed by atoms with E-state index in [1.165, 1.54) is 12.8 Å². The Hall–Kier alpha value is -0.650. The summed E-state index contributed by atoms with van der Waals surface area (Å²) in [5.41, 5.74) is 0. The normalized spacial score (nSPS) is 28.1. The number of anilines is 1. The van der Waals surface area contributed by atoms with Crippen molar-refractivity contribution >= 4 is 21.9 Å². The van der Waals surface area contributed by atoms with Gasteiger partial charge in [0.15, 0.2) is 0 Å². The van der Waals surface area contributed by atoms with E-state index >= 15 is 0 Å². The molecule has 0 aliphatic carbocycles. The topological polar surface area (TPSA) is 46.8 Å². The molecule has 14 heavy (non-hydrogen) atoms. The van der Waals surface area contributed by atoms with E-state index in [1.807, 2.05) is 7.05 Å². The highest BCUT2D eigenvalue weighted by Gasteiger charge is 2.26.